The fourth-order valence-corrected chi connectivity index (χ4v) is 3.62. The van der Waals surface area contributed by atoms with Gasteiger partial charge in [0.25, 0.3) is 0 Å². The number of phosphoric ester groups is 1. The second kappa shape index (κ2) is 11.2. The lowest BCUT2D eigenvalue weighted by Crippen LogP contribution is -2.10. The molecule has 0 aliphatic rings. The maximum Gasteiger partial charge on any atom is 0.625 e. The van der Waals surface area contributed by atoms with E-state index in [1.165, 1.54) is 0 Å². The maximum absolute atomic E-state index is 13.2. The van der Waals surface area contributed by atoms with Gasteiger partial charge in [0.2, 0.25) is 0 Å². The van der Waals surface area contributed by atoms with E-state index in [0.29, 0.717) is 18.3 Å². The van der Waals surface area contributed by atoms with Crippen molar-refractivity contribution in [1.82, 2.24) is 0 Å². The first-order valence-electron chi connectivity index (χ1n) is 10.3. The third kappa shape index (κ3) is 7.51. The first-order chi connectivity index (χ1) is 14.2. The lowest BCUT2D eigenvalue weighted by atomic mass is 10.0. The lowest BCUT2D eigenvalue weighted by molar-refractivity contribution is -0.221. The van der Waals surface area contributed by atoms with Crippen LogP contribution in [0.2, 0.25) is 0 Å². The first kappa shape index (κ1) is 24.0. The highest BCUT2D eigenvalue weighted by atomic mass is 31.2. The minimum Gasteiger partial charge on any atom is -0.393 e. The van der Waals surface area contributed by atoms with Gasteiger partial charge < -0.3 is 9.05 Å². The monoisotopic (exact) mass is 434 g/mol. The van der Waals surface area contributed by atoms with Crippen LogP contribution in [0.3, 0.4) is 0 Å². The number of carbonyl (C=O) groups excluding carboxylic acids is 1. The molecule has 0 fully saturated rings. The Hall–Kier alpha value is -2.30. The molecular weight excluding hydrogens is 403 g/mol. The zero-order valence-corrected chi connectivity index (χ0v) is 19.2. The average molecular weight is 434 g/mol. The van der Waals surface area contributed by atoms with Crippen LogP contribution < -0.4 is 9.05 Å². The third-order valence-corrected chi connectivity index (χ3v) is 5.61. The molecule has 0 radical (unpaired) electrons. The largest absolute Gasteiger partial charge is 0.625 e. The molecule has 7 heteroatoms. The summed E-state index contributed by atoms with van der Waals surface area (Å²) in [5.74, 6) is 0.626. The number of rotatable bonds is 11. The quantitative estimate of drug-likeness (QED) is 0.212. The highest BCUT2D eigenvalue weighted by Gasteiger charge is 2.34. The molecule has 6 nitrogen and oxygen atoms in total. The van der Waals surface area contributed by atoms with Crippen LogP contribution in [0.1, 0.15) is 76.8 Å². The van der Waals surface area contributed by atoms with Crippen molar-refractivity contribution in [2.75, 3.05) is 0 Å². The molecule has 0 aliphatic heterocycles. The molecule has 0 spiro atoms. The summed E-state index contributed by atoms with van der Waals surface area (Å²) in [6.07, 6.45) is 1.62. The molecule has 2 aromatic carbocycles. The van der Waals surface area contributed by atoms with Gasteiger partial charge in [0.05, 0.1) is 0 Å². The summed E-state index contributed by atoms with van der Waals surface area (Å²) >= 11 is 0. The second-order valence-electron chi connectivity index (χ2n) is 7.71. The normalized spacial score (nSPS) is 11.6. The molecule has 2 aromatic rings. The molecule has 0 heterocycles. The smallest absolute Gasteiger partial charge is 0.393 e. The van der Waals surface area contributed by atoms with Crippen molar-refractivity contribution in [2.24, 2.45) is 0 Å². The Balaban J connectivity index is 2.17. The van der Waals surface area contributed by atoms with Gasteiger partial charge >= 0.3 is 13.8 Å². The van der Waals surface area contributed by atoms with Gasteiger partial charge in [-0.25, -0.2) is 9.36 Å². The van der Waals surface area contributed by atoms with E-state index in [9.17, 15) is 9.36 Å². The van der Waals surface area contributed by atoms with E-state index in [0.717, 1.165) is 17.5 Å². The molecule has 0 bridgehead atoms. The van der Waals surface area contributed by atoms with E-state index in [2.05, 4.69) is 27.7 Å². The third-order valence-electron chi connectivity index (χ3n) is 4.48. The Morgan fingerprint density at radius 2 is 1.27 bits per heavy atom. The standard InChI is InChI=1S/C23H31O6P/c1-6-7-8-23(24)26-29-30(25,27-21-13-9-19(10-14-21)17(2)3)28-22-15-11-20(12-16-22)18(4)5/h9-18H,6-8H2,1-5H3. The Morgan fingerprint density at radius 1 is 0.833 bits per heavy atom. The van der Waals surface area contributed by atoms with Crippen molar-refractivity contribution in [3.8, 4) is 11.5 Å². The number of phosphoric acid groups is 1. The van der Waals surface area contributed by atoms with Gasteiger partial charge in [-0.05, 0) is 53.6 Å². The van der Waals surface area contributed by atoms with Gasteiger partial charge in [-0.15, -0.1) is 0 Å². The van der Waals surface area contributed by atoms with Crippen LogP contribution in [-0.4, -0.2) is 5.97 Å². The SMILES string of the molecule is CCCCC(=O)OOP(=O)(Oc1ccc(C(C)C)cc1)Oc1ccc(C(C)C)cc1. The number of carbonyl (C=O) groups is 1. The van der Waals surface area contributed by atoms with E-state index < -0.39 is 13.8 Å². The van der Waals surface area contributed by atoms with Gasteiger partial charge in [-0.1, -0.05) is 70.0 Å². The van der Waals surface area contributed by atoms with Crippen LogP contribution in [0.25, 0.3) is 0 Å². The van der Waals surface area contributed by atoms with E-state index in [1.807, 2.05) is 31.2 Å². The van der Waals surface area contributed by atoms with Crippen LogP contribution in [0.5, 0.6) is 11.5 Å². The predicted octanol–water partition coefficient (Wildman–Crippen LogP) is 7.16. The first-order valence-corrected chi connectivity index (χ1v) is 11.8. The number of hydrogen-bond acceptors (Lipinski definition) is 6. The van der Waals surface area contributed by atoms with Gasteiger partial charge in [-0.3, -0.25) is 4.89 Å². The van der Waals surface area contributed by atoms with Crippen molar-refractivity contribution in [2.45, 2.75) is 65.7 Å². The van der Waals surface area contributed by atoms with Crippen molar-refractivity contribution in [1.29, 1.82) is 0 Å². The fraction of sp³-hybridized carbons (Fsp3) is 0.435. The lowest BCUT2D eigenvalue weighted by Gasteiger charge is -2.18. The highest BCUT2D eigenvalue weighted by molar-refractivity contribution is 7.49. The minimum atomic E-state index is -4.27. The summed E-state index contributed by atoms with van der Waals surface area (Å²) < 4.78 is 29.2. The molecular formula is C23H31O6P. The van der Waals surface area contributed by atoms with Crippen molar-refractivity contribution in [3.05, 3.63) is 59.7 Å². The average Bonchev–Trinajstić information content (AvgIpc) is 2.71. The van der Waals surface area contributed by atoms with E-state index >= 15 is 0 Å². The molecule has 0 unspecified atom stereocenters. The van der Waals surface area contributed by atoms with Crippen LogP contribution in [0.4, 0.5) is 0 Å². The number of hydrogen-bond donors (Lipinski definition) is 0. The summed E-state index contributed by atoms with van der Waals surface area (Å²) in [6.45, 7) is 10.2. The summed E-state index contributed by atoms with van der Waals surface area (Å²) in [6, 6.07) is 14.2. The number of benzene rings is 2. The summed E-state index contributed by atoms with van der Waals surface area (Å²) in [5, 5.41) is 0. The predicted molar refractivity (Wildman–Crippen MR) is 117 cm³/mol. The zero-order valence-electron chi connectivity index (χ0n) is 18.3. The summed E-state index contributed by atoms with van der Waals surface area (Å²) in [7, 11) is -4.27. The Kier molecular flexibility index (Phi) is 8.94. The summed E-state index contributed by atoms with van der Waals surface area (Å²) in [5.41, 5.74) is 2.21. The molecule has 0 saturated carbocycles. The fourth-order valence-electron chi connectivity index (χ4n) is 2.58. The van der Waals surface area contributed by atoms with Gasteiger partial charge in [-0.2, -0.15) is 0 Å². The Bertz CT molecular complexity index is 786. The molecule has 0 aliphatic carbocycles. The highest BCUT2D eigenvalue weighted by Crippen LogP contribution is 2.50. The molecule has 0 atom stereocenters. The molecule has 164 valence electrons. The van der Waals surface area contributed by atoms with E-state index in [-0.39, 0.29) is 17.9 Å². The van der Waals surface area contributed by atoms with Crippen LogP contribution in [0, 0.1) is 0 Å². The van der Waals surface area contributed by atoms with Gasteiger partial charge in [0.1, 0.15) is 11.5 Å². The molecule has 0 aromatic heterocycles. The van der Waals surface area contributed by atoms with Gasteiger partial charge in [0.15, 0.2) is 0 Å². The maximum atomic E-state index is 13.2. The summed E-state index contributed by atoms with van der Waals surface area (Å²) in [4.78, 5) is 16.5. The Morgan fingerprint density at radius 3 is 1.63 bits per heavy atom. The van der Waals surface area contributed by atoms with E-state index in [1.54, 1.807) is 24.3 Å². The molecule has 0 saturated heterocycles. The van der Waals surface area contributed by atoms with Crippen molar-refractivity contribution in [3.63, 3.8) is 0 Å². The topological polar surface area (TPSA) is 71.1 Å². The van der Waals surface area contributed by atoms with Crippen molar-refractivity contribution < 1.29 is 28.0 Å². The van der Waals surface area contributed by atoms with E-state index in [4.69, 9.17) is 18.6 Å². The van der Waals surface area contributed by atoms with Crippen molar-refractivity contribution >= 4 is 13.8 Å². The molecule has 0 amide bonds. The zero-order chi connectivity index (χ0) is 22.1. The Labute approximate surface area is 179 Å². The van der Waals surface area contributed by atoms with Crippen LogP contribution >= 0.6 is 7.82 Å². The molecule has 0 N–H and O–H groups in total. The minimum absolute atomic E-state index is 0.155. The van der Waals surface area contributed by atoms with Crippen LogP contribution in [0.15, 0.2) is 48.5 Å². The number of unbranched alkanes of at least 4 members (excludes halogenated alkanes) is 1. The molecule has 30 heavy (non-hydrogen) atoms. The van der Waals surface area contributed by atoms with Crippen LogP contribution in [-0.2, 0) is 18.9 Å². The second-order valence-corrected chi connectivity index (χ2v) is 9.12. The van der Waals surface area contributed by atoms with Gasteiger partial charge in [0, 0.05) is 6.42 Å². The molecule has 2 rings (SSSR count).